The zero-order valence-corrected chi connectivity index (χ0v) is 14.8. The summed E-state index contributed by atoms with van der Waals surface area (Å²) in [6.45, 7) is 1.38. The van der Waals surface area contributed by atoms with Gasteiger partial charge in [-0.3, -0.25) is 9.69 Å². The molecule has 0 radical (unpaired) electrons. The summed E-state index contributed by atoms with van der Waals surface area (Å²) in [6, 6.07) is 7.68. The lowest BCUT2D eigenvalue weighted by atomic mass is 10.2. The first-order chi connectivity index (χ1) is 11.0. The molecule has 1 aromatic heterocycles. The third-order valence-electron chi connectivity index (χ3n) is 3.98. The smallest absolute Gasteiger partial charge is 0.241 e. The number of aromatic nitrogens is 2. The molecular formula is C16H19BrN4O2. The Bertz CT molecular complexity index is 701. The maximum Gasteiger partial charge on any atom is 0.241 e. The van der Waals surface area contributed by atoms with E-state index in [4.69, 9.17) is 4.52 Å². The van der Waals surface area contributed by atoms with Crippen molar-refractivity contribution in [3.8, 4) is 11.4 Å². The Kier molecular flexibility index (Phi) is 4.77. The summed E-state index contributed by atoms with van der Waals surface area (Å²) in [5.74, 6) is 1.24. The van der Waals surface area contributed by atoms with Gasteiger partial charge in [0.25, 0.3) is 0 Å². The molecule has 1 amide bonds. The quantitative estimate of drug-likeness (QED) is 0.817. The van der Waals surface area contributed by atoms with E-state index in [1.807, 2.05) is 24.3 Å². The van der Waals surface area contributed by atoms with Gasteiger partial charge < -0.3 is 9.42 Å². The van der Waals surface area contributed by atoms with E-state index >= 15 is 0 Å². The molecule has 2 aromatic rings. The average Bonchev–Trinajstić information content (AvgIpc) is 3.16. The molecule has 122 valence electrons. The number of rotatable bonds is 4. The van der Waals surface area contributed by atoms with Crippen molar-refractivity contribution in [1.29, 1.82) is 0 Å². The molecule has 1 unspecified atom stereocenters. The van der Waals surface area contributed by atoms with E-state index in [2.05, 4.69) is 31.0 Å². The first-order valence-corrected chi connectivity index (χ1v) is 8.37. The molecule has 1 fully saturated rings. The fraction of sp³-hybridized carbons (Fsp3) is 0.438. The van der Waals surface area contributed by atoms with Gasteiger partial charge in [0.15, 0.2) is 0 Å². The van der Waals surface area contributed by atoms with Crippen molar-refractivity contribution in [2.75, 3.05) is 20.6 Å². The predicted molar refractivity (Wildman–Crippen MR) is 89.6 cm³/mol. The van der Waals surface area contributed by atoms with E-state index in [-0.39, 0.29) is 11.9 Å². The van der Waals surface area contributed by atoms with Crippen LogP contribution in [0.2, 0.25) is 0 Å². The fourth-order valence-electron chi connectivity index (χ4n) is 2.83. The maximum absolute atomic E-state index is 12.2. The lowest BCUT2D eigenvalue weighted by Crippen LogP contribution is -2.42. The third-order valence-corrected chi connectivity index (χ3v) is 4.47. The van der Waals surface area contributed by atoms with Gasteiger partial charge in [0.05, 0.1) is 12.6 Å². The monoisotopic (exact) mass is 378 g/mol. The van der Waals surface area contributed by atoms with Crippen molar-refractivity contribution in [1.82, 2.24) is 19.9 Å². The maximum atomic E-state index is 12.2. The fourth-order valence-corrected chi connectivity index (χ4v) is 3.23. The van der Waals surface area contributed by atoms with Crippen molar-refractivity contribution < 1.29 is 9.32 Å². The molecule has 0 bridgehead atoms. The van der Waals surface area contributed by atoms with Crippen LogP contribution in [0.5, 0.6) is 0 Å². The van der Waals surface area contributed by atoms with E-state index in [1.54, 1.807) is 19.0 Å². The Morgan fingerprint density at radius 1 is 1.48 bits per heavy atom. The van der Waals surface area contributed by atoms with Crippen molar-refractivity contribution in [2.45, 2.75) is 25.4 Å². The van der Waals surface area contributed by atoms with E-state index in [0.717, 1.165) is 29.4 Å². The minimum absolute atomic E-state index is 0.0915. The lowest BCUT2D eigenvalue weighted by Gasteiger charge is -2.24. The number of likely N-dealkylation sites (N-methyl/N-ethyl adjacent to an activating group) is 1. The molecule has 0 aliphatic carbocycles. The highest BCUT2D eigenvalue weighted by Gasteiger charge is 2.32. The molecule has 1 atom stereocenters. The van der Waals surface area contributed by atoms with E-state index < -0.39 is 0 Å². The van der Waals surface area contributed by atoms with Gasteiger partial charge in [-0.1, -0.05) is 33.2 Å². The van der Waals surface area contributed by atoms with Crippen LogP contribution in [-0.2, 0) is 11.3 Å². The Hall–Kier alpha value is -1.73. The standard InChI is InChI=1S/C16H19BrN4O2/c1-20(2)16(22)13-7-4-8-21(13)10-14-18-15(19-23-14)11-5-3-6-12(17)9-11/h3,5-6,9,13H,4,7-8,10H2,1-2H3. The predicted octanol–water partition coefficient (Wildman–Crippen LogP) is 2.55. The second-order valence-corrected chi connectivity index (χ2v) is 6.80. The van der Waals surface area contributed by atoms with Crippen LogP contribution in [0.1, 0.15) is 18.7 Å². The number of amides is 1. The number of likely N-dealkylation sites (tertiary alicyclic amines) is 1. The van der Waals surface area contributed by atoms with Gasteiger partial charge in [-0.15, -0.1) is 0 Å². The van der Waals surface area contributed by atoms with Crippen LogP contribution in [0.15, 0.2) is 33.3 Å². The molecule has 1 aliphatic rings. The van der Waals surface area contributed by atoms with Crippen LogP contribution < -0.4 is 0 Å². The highest BCUT2D eigenvalue weighted by molar-refractivity contribution is 9.10. The normalized spacial score (nSPS) is 18.3. The first kappa shape index (κ1) is 16.1. The summed E-state index contributed by atoms with van der Waals surface area (Å²) in [5, 5.41) is 4.05. The Morgan fingerprint density at radius 2 is 2.30 bits per heavy atom. The van der Waals surface area contributed by atoms with Crippen molar-refractivity contribution >= 4 is 21.8 Å². The van der Waals surface area contributed by atoms with Crippen LogP contribution in [0, 0.1) is 0 Å². The molecular weight excluding hydrogens is 360 g/mol. The zero-order valence-electron chi connectivity index (χ0n) is 13.2. The number of hydrogen-bond acceptors (Lipinski definition) is 5. The zero-order chi connectivity index (χ0) is 16.4. The number of hydrogen-bond donors (Lipinski definition) is 0. The van der Waals surface area contributed by atoms with Gasteiger partial charge in [0.1, 0.15) is 0 Å². The Labute approximate surface area is 143 Å². The summed E-state index contributed by atoms with van der Waals surface area (Å²) >= 11 is 3.44. The van der Waals surface area contributed by atoms with Gasteiger partial charge in [-0.2, -0.15) is 4.98 Å². The molecule has 7 heteroatoms. The molecule has 1 aliphatic heterocycles. The second-order valence-electron chi connectivity index (χ2n) is 5.88. The van der Waals surface area contributed by atoms with Gasteiger partial charge in [0.2, 0.25) is 17.6 Å². The molecule has 3 rings (SSSR count). The Morgan fingerprint density at radius 3 is 3.04 bits per heavy atom. The number of nitrogens with zero attached hydrogens (tertiary/aromatic N) is 4. The minimum Gasteiger partial charge on any atom is -0.347 e. The van der Waals surface area contributed by atoms with Crippen molar-refractivity contribution in [2.24, 2.45) is 0 Å². The number of halogens is 1. The Balaban J connectivity index is 1.73. The highest BCUT2D eigenvalue weighted by Crippen LogP contribution is 2.23. The van der Waals surface area contributed by atoms with Gasteiger partial charge in [-0.25, -0.2) is 0 Å². The average molecular weight is 379 g/mol. The van der Waals surface area contributed by atoms with Crippen LogP contribution in [0.25, 0.3) is 11.4 Å². The van der Waals surface area contributed by atoms with E-state index in [0.29, 0.717) is 18.3 Å². The topological polar surface area (TPSA) is 62.5 Å². The van der Waals surface area contributed by atoms with E-state index in [1.165, 1.54) is 0 Å². The summed E-state index contributed by atoms with van der Waals surface area (Å²) in [7, 11) is 3.58. The van der Waals surface area contributed by atoms with Crippen LogP contribution in [0.3, 0.4) is 0 Å². The van der Waals surface area contributed by atoms with Crippen LogP contribution >= 0.6 is 15.9 Å². The van der Waals surface area contributed by atoms with Crippen molar-refractivity contribution in [3.05, 3.63) is 34.6 Å². The second kappa shape index (κ2) is 6.80. The molecule has 0 saturated carbocycles. The highest BCUT2D eigenvalue weighted by atomic mass is 79.9. The summed E-state index contributed by atoms with van der Waals surface area (Å²) in [4.78, 5) is 20.4. The van der Waals surface area contributed by atoms with Gasteiger partial charge in [-0.05, 0) is 31.5 Å². The molecule has 1 aromatic carbocycles. The number of carbonyl (C=O) groups excluding carboxylic acids is 1. The molecule has 0 N–H and O–H groups in total. The minimum atomic E-state index is -0.0915. The number of carbonyl (C=O) groups is 1. The van der Waals surface area contributed by atoms with Crippen LogP contribution in [0.4, 0.5) is 0 Å². The molecule has 6 nitrogen and oxygen atoms in total. The summed E-state index contributed by atoms with van der Waals surface area (Å²) in [6.07, 6.45) is 1.89. The first-order valence-electron chi connectivity index (χ1n) is 7.58. The molecule has 1 saturated heterocycles. The van der Waals surface area contributed by atoms with Gasteiger partial charge in [0, 0.05) is 24.1 Å². The number of benzene rings is 1. The van der Waals surface area contributed by atoms with E-state index in [9.17, 15) is 4.79 Å². The molecule has 2 heterocycles. The summed E-state index contributed by atoms with van der Waals surface area (Å²) < 4.78 is 6.34. The summed E-state index contributed by atoms with van der Waals surface area (Å²) in [5.41, 5.74) is 0.900. The molecule has 23 heavy (non-hydrogen) atoms. The van der Waals surface area contributed by atoms with Gasteiger partial charge >= 0.3 is 0 Å². The molecule has 0 spiro atoms. The largest absolute Gasteiger partial charge is 0.347 e. The van der Waals surface area contributed by atoms with Crippen LogP contribution in [-0.4, -0.2) is 52.5 Å². The lowest BCUT2D eigenvalue weighted by molar-refractivity contribution is -0.133. The SMILES string of the molecule is CN(C)C(=O)C1CCCN1Cc1nc(-c2cccc(Br)c2)no1. The third kappa shape index (κ3) is 3.61. The van der Waals surface area contributed by atoms with Crippen molar-refractivity contribution in [3.63, 3.8) is 0 Å².